The van der Waals surface area contributed by atoms with Gasteiger partial charge in [0, 0.05) is 11.8 Å². The fourth-order valence-corrected chi connectivity index (χ4v) is 3.11. The molecular weight excluding hydrogens is 322 g/mol. The molecule has 2 aromatic heterocycles. The van der Waals surface area contributed by atoms with Crippen molar-refractivity contribution in [3.63, 3.8) is 0 Å². The van der Waals surface area contributed by atoms with Crippen molar-refractivity contribution in [2.75, 3.05) is 7.11 Å². The zero-order valence-corrected chi connectivity index (χ0v) is 14.2. The highest BCUT2D eigenvalue weighted by Gasteiger charge is 2.22. The second kappa shape index (κ2) is 7.23. The smallest absolute Gasteiger partial charge is 0.263 e. The molecule has 1 atom stereocenters. The van der Waals surface area contributed by atoms with Gasteiger partial charge < -0.3 is 10.1 Å². The first-order chi connectivity index (χ1) is 11.7. The van der Waals surface area contributed by atoms with E-state index in [1.165, 1.54) is 11.3 Å². The molecule has 0 aliphatic carbocycles. The number of amides is 1. The molecule has 0 aliphatic rings. The highest BCUT2D eigenvalue weighted by molar-refractivity contribution is 7.13. The average molecular weight is 339 g/mol. The summed E-state index contributed by atoms with van der Waals surface area (Å²) in [7, 11) is 1.61. The Morgan fingerprint density at radius 1 is 1.17 bits per heavy atom. The lowest BCUT2D eigenvalue weighted by molar-refractivity contribution is 0.0946. The largest absolute Gasteiger partial charge is 0.496 e. The van der Waals surface area contributed by atoms with Crippen molar-refractivity contribution in [1.82, 2.24) is 15.3 Å². The van der Waals surface area contributed by atoms with Crippen LogP contribution in [0.3, 0.4) is 0 Å². The van der Waals surface area contributed by atoms with E-state index in [0.29, 0.717) is 10.6 Å². The molecule has 0 aliphatic heterocycles. The van der Waals surface area contributed by atoms with Crippen molar-refractivity contribution in [1.29, 1.82) is 0 Å². The number of hydrogen-bond acceptors (Lipinski definition) is 5. The maximum Gasteiger partial charge on any atom is 0.263 e. The molecule has 1 amide bonds. The Hall–Kier alpha value is -2.73. The minimum atomic E-state index is -0.405. The van der Waals surface area contributed by atoms with Crippen LogP contribution in [0.15, 0.2) is 54.9 Å². The van der Waals surface area contributed by atoms with Crippen molar-refractivity contribution in [3.8, 4) is 5.75 Å². The standard InChI is InChI=1S/C18H17N3O2S/c1-12-20-11-16(24-12)18(22)21-17(14-8-5-6-10-19-14)13-7-3-4-9-15(13)23-2/h3-11,17H,1-2H3,(H,21,22). The van der Waals surface area contributed by atoms with Crippen LogP contribution in [0.25, 0.3) is 0 Å². The van der Waals surface area contributed by atoms with Gasteiger partial charge in [0.25, 0.3) is 5.91 Å². The Labute approximate surface area is 144 Å². The van der Waals surface area contributed by atoms with Gasteiger partial charge in [-0.05, 0) is 25.1 Å². The molecule has 3 aromatic rings. The van der Waals surface area contributed by atoms with Gasteiger partial charge in [0.2, 0.25) is 0 Å². The third-order valence-corrected chi connectivity index (χ3v) is 4.47. The maximum atomic E-state index is 12.6. The SMILES string of the molecule is COc1ccccc1C(NC(=O)c1cnc(C)s1)c1ccccn1. The van der Waals surface area contributed by atoms with Crippen LogP contribution in [0.1, 0.15) is 32.0 Å². The molecule has 24 heavy (non-hydrogen) atoms. The lowest BCUT2D eigenvalue weighted by Gasteiger charge is -2.20. The van der Waals surface area contributed by atoms with Crippen molar-refractivity contribution in [2.24, 2.45) is 0 Å². The molecule has 0 fully saturated rings. The molecule has 0 radical (unpaired) electrons. The lowest BCUT2D eigenvalue weighted by Crippen LogP contribution is -2.29. The quantitative estimate of drug-likeness (QED) is 0.774. The summed E-state index contributed by atoms with van der Waals surface area (Å²) in [6.07, 6.45) is 3.30. The highest BCUT2D eigenvalue weighted by atomic mass is 32.1. The third-order valence-electron chi connectivity index (χ3n) is 3.55. The van der Waals surface area contributed by atoms with Gasteiger partial charge in [-0.25, -0.2) is 4.98 Å². The zero-order chi connectivity index (χ0) is 16.9. The van der Waals surface area contributed by atoms with Crippen LogP contribution in [0.4, 0.5) is 0 Å². The molecule has 5 nitrogen and oxygen atoms in total. The van der Waals surface area contributed by atoms with E-state index < -0.39 is 6.04 Å². The average Bonchev–Trinajstić information content (AvgIpc) is 3.07. The molecule has 0 bridgehead atoms. The van der Waals surface area contributed by atoms with Gasteiger partial charge in [0.1, 0.15) is 16.7 Å². The molecule has 1 N–H and O–H groups in total. The summed E-state index contributed by atoms with van der Waals surface area (Å²) in [5.74, 6) is 0.524. The van der Waals surface area contributed by atoms with Gasteiger partial charge in [0.05, 0.1) is 24.0 Å². The van der Waals surface area contributed by atoms with Crippen molar-refractivity contribution >= 4 is 17.2 Å². The molecule has 1 aromatic carbocycles. The monoisotopic (exact) mass is 339 g/mol. The Kier molecular flexibility index (Phi) is 4.86. The van der Waals surface area contributed by atoms with E-state index in [1.807, 2.05) is 49.4 Å². The predicted octanol–water partition coefficient (Wildman–Crippen LogP) is 3.37. The van der Waals surface area contributed by atoms with Crippen molar-refractivity contribution in [2.45, 2.75) is 13.0 Å². The number of nitrogens with one attached hydrogen (secondary N) is 1. The molecule has 1 unspecified atom stereocenters. The van der Waals surface area contributed by atoms with E-state index in [9.17, 15) is 4.79 Å². The first-order valence-corrected chi connectivity index (χ1v) is 8.28. The maximum absolute atomic E-state index is 12.6. The van der Waals surface area contributed by atoms with Crippen LogP contribution in [-0.4, -0.2) is 23.0 Å². The molecule has 3 rings (SSSR count). The Bertz CT molecular complexity index is 833. The summed E-state index contributed by atoms with van der Waals surface area (Å²) >= 11 is 1.36. The number of pyridine rings is 1. The fraction of sp³-hybridized carbons (Fsp3) is 0.167. The second-order valence-electron chi connectivity index (χ2n) is 5.15. The summed E-state index contributed by atoms with van der Waals surface area (Å²) in [6, 6.07) is 12.8. The van der Waals surface area contributed by atoms with E-state index in [0.717, 1.165) is 16.3 Å². The van der Waals surface area contributed by atoms with Crippen LogP contribution >= 0.6 is 11.3 Å². The lowest BCUT2D eigenvalue weighted by atomic mass is 10.0. The van der Waals surface area contributed by atoms with E-state index in [1.54, 1.807) is 19.5 Å². The topological polar surface area (TPSA) is 64.1 Å². The number of methoxy groups -OCH3 is 1. The van der Waals surface area contributed by atoms with E-state index in [-0.39, 0.29) is 5.91 Å². The van der Waals surface area contributed by atoms with Gasteiger partial charge in [-0.1, -0.05) is 24.3 Å². The molecule has 6 heteroatoms. The summed E-state index contributed by atoms with van der Waals surface area (Å²) in [5.41, 5.74) is 1.60. The number of ether oxygens (including phenoxy) is 1. The van der Waals surface area contributed by atoms with Crippen molar-refractivity contribution < 1.29 is 9.53 Å². The van der Waals surface area contributed by atoms with Gasteiger partial charge in [-0.2, -0.15) is 0 Å². The van der Waals surface area contributed by atoms with Gasteiger partial charge in [-0.3, -0.25) is 9.78 Å². The number of aromatic nitrogens is 2. The summed E-state index contributed by atoms with van der Waals surface area (Å²) in [5, 5.41) is 3.90. The molecule has 0 spiro atoms. The van der Waals surface area contributed by atoms with E-state index in [4.69, 9.17) is 4.74 Å². The molecule has 122 valence electrons. The molecule has 0 saturated carbocycles. The van der Waals surface area contributed by atoms with Crippen LogP contribution in [0.5, 0.6) is 5.75 Å². The Morgan fingerprint density at radius 2 is 1.96 bits per heavy atom. The number of rotatable bonds is 5. The second-order valence-corrected chi connectivity index (χ2v) is 6.38. The van der Waals surface area contributed by atoms with Crippen LogP contribution < -0.4 is 10.1 Å². The molecule has 2 heterocycles. The molecular formula is C18H17N3O2S. The minimum Gasteiger partial charge on any atom is -0.496 e. The third kappa shape index (κ3) is 3.44. The van der Waals surface area contributed by atoms with Crippen LogP contribution in [-0.2, 0) is 0 Å². The fourth-order valence-electron chi connectivity index (χ4n) is 2.43. The van der Waals surface area contributed by atoms with Gasteiger partial charge in [0.15, 0.2) is 0 Å². The number of benzene rings is 1. The van der Waals surface area contributed by atoms with Gasteiger partial charge in [-0.15, -0.1) is 11.3 Å². The van der Waals surface area contributed by atoms with Crippen LogP contribution in [0, 0.1) is 6.92 Å². The first-order valence-electron chi connectivity index (χ1n) is 7.46. The summed E-state index contributed by atoms with van der Waals surface area (Å²) in [4.78, 5) is 21.7. The number of thiazole rings is 1. The number of carbonyl (C=O) groups is 1. The minimum absolute atomic E-state index is 0.179. The summed E-state index contributed by atoms with van der Waals surface area (Å²) in [6.45, 7) is 1.87. The Balaban J connectivity index is 1.98. The zero-order valence-electron chi connectivity index (χ0n) is 13.4. The van der Waals surface area contributed by atoms with Crippen molar-refractivity contribution in [3.05, 3.63) is 76.0 Å². The normalized spacial score (nSPS) is 11.8. The number of nitrogens with zero attached hydrogens (tertiary/aromatic N) is 2. The molecule has 0 saturated heterocycles. The summed E-state index contributed by atoms with van der Waals surface area (Å²) < 4.78 is 5.45. The Morgan fingerprint density at radius 3 is 2.62 bits per heavy atom. The van der Waals surface area contributed by atoms with E-state index >= 15 is 0 Å². The number of aryl methyl sites for hydroxylation is 1. The van der Waals surface area contributed by atoms with Crippen LogP contribution in [0.2, 0.25) is 0 Å². The highest BCUT2D eigenvalue weighted by Crippen LogP contribution is 2.29. The van der Waals surface area contributed by atoms with Gasteiger partial charge >= 0.3 is 0 Å². The van der Waals surface area contributed by atoms with E-state index in [2.05, 4.69) is 15.3 Å². The number of carbonyl (C=O) groups excluding carboxylic acids is 1. The predicted molar refractivity (Wildman–Crippen MR) is 93.4 cm³/mol. The number of para-hydroxylation sites is 1. The number of hydrogen-bond donors (Lipinski definition) is 1. The first kappa shape index (κ1) is 16.1.